The number of fused-ring (bicyclic) bond motifs is 1. The van der Waals surface area contributed by atoms with Crippen LogP contribution in [0.2, 0.25) is 0 Å². The summed E-state index contributed by atoms with van der Waals surface area (Å²) in [7, 11) is 0. The van der Waals surface area contributed by atoms with E-state index < -0.39 is 0 Å². The third kappa shape index (κ3) is 2.83. The van der Waals surface area contributed by atoms with E-state index in [-0.39, 0.29) is 5.82 Å². The second-order valence-electron chi connectivity index (χ2n) is 5.33. The smallest absolute Gasteiger partial charge is 0.160 e. The van der Waals surface area contributed by atoms with E-state index in [9.17, 15) is 4.39 Å². The lowest BCUT2D eigenvalue weighted by molar-refractivity contribution is 0.608. The molecule has 0 saturated heterocycles. The van der Waals surface area contributed by atoms with Gasteiger partial charge in [-0.15, -0.1) is 0 Å². The van der Waals surface area contributed by atoms with E-state index in [0.717, 1.165) is 31.5 Å². The minimum Gasteiger partial charge on any atom is -0.368 e. The predicted molar refractivity (Wildman–Crippen MR) is 88.1 cm³/mol. The van der Waals surface area contributed by atoms with E-state index in [0.29, 0.717) is 16.7 Å². The minimum atomic E-state index is -0.205. The van der Waals surface area contributed by atoms with Crippen molar-refractivity contribution in [3.8, 4) is 0 Å². The zero-order chi connectivity index (χ0) is 14.8. The molecule has 0 saturated carbocycles. The third-order valence-electron chi connectivity index (χ3n) is 4.12. The van der Waals surface area contributed by atoms with Gasteiger partial charge in [-0.1, -0.05) is 30.3 Å². The Bertz CT molecular complexity index is 630. The van der Waals surface area contributed by atoms with Crippen molar-refractivity contribution in [1.29, 1.82) is 0 Å². The lowest BCUT2D eigenvalue weighted by Crippen LogP contribution is -2.27. The Balaban J connectivity index is 1.88. The second-order valence-corrected chi connectivity index (χ2v) is 6.12. The maximum Gasteiger partial charge on any atom is 0.160 e. The number of rotatable bonds is 2. The third-order valence-corrected chi connectivity index (χ3v) is 4.98. The average Bonchev–Trinajstić information content (AvgIpc) is 2.73. The maximum absolute atomic E-state index is 14.6. The van der Waals surface area contributed by atoms with Crippen molar-refractivity contribution in [2.45, 2.75) is 19.4 Å². The molecule has 0 fully saturated rings. The zero-order valence-electron chi connectivity index (χ0n) is 11.8. The van der Waals surface area contributed by atoms with Crippen molar-refractivity contribution in [2.75, 3.05) is 18.0 Å². The normalized spacial score (nSPS) is 14.7. The van der Waals surface area contributed by atoms with Gasteiger partial charge in [-0.3, -0.25) is 0 Å². The van der Waals surface area contributed by atoms with Gasteiger partial charge >= 0.3 is 0 Å². The Morgan fingerprint density at radius 2 is 1.67 bits per heavy atom. The highest BCUT2D eigenvalue weighted by Gasteiger charge is 2.19. The van der Waals surface area contributed by atoms with Gasteiger partial charge in [0.25, 0.3) is 0 Å². The number of benzene rings is 2. The first-order valence-corrected chi connectivity index (χ1v) is 7.98. The number of anilines is 1. The van der Waals surface area contributed by atoms with Gasteiger partial charge in [0, 0.05) is 19.6 Å². The largest absolute Gasteiger partial charge is 0.368 e. The second kappa shape index (κ2) is 6.16. The molecule has 1 aliphatic rings. The molecule has 2 N–H and O–H groups in total. The lowest BCUT2D eigenvalue weighted by atomic mass is 10.0. The molecule has 0 bridgehead atoms. The molecule has 0 spiro atoms. The van der Waals surface area contributed by atoms with E-state index in [4.69, 9.17) is 5.73 Å². The standard InChI is InChI=1S/C17H18BrFN2/c18-16-14(11-20)5-6-15(17(16)19)21-9-7-12-3-1-2-4-13(12)8-10-21/h1-6H,7-11,20H2. The SMILES string of the molecule is NCc1ccc(N2CCc3ccccc3CC2)c(F)c1Br. The summed E-state index contributed by atoms with van der Waals surface area (Å²) in [6.45, 7) is 2.01. The molecular weight excluding hydrogens is 331 g/mol. The number of hydrogen-bond donors (Lipinski definition) is 1. The molecule has 0 unspecified atom stereocenters. The first-order valence-electron chi connectivity index (χ1n) is 7.19. The fourth-order valence-electron chi connectivity index (χ4n) is 2.89. The van der Waals surface area contributed by atoms with E-state index in [1.54, 1.807) is 0 Å². The van der Waals surface area contributed by atoms with E-state index in [1.165, 1.54) is 11.1 Å². The molecule has 2 nitrogen and oxygen atoms in total. The Kier molecular flexibility index (Phi) is 4.27. The van der Waals surface area contributed by atoms with Crippen LogP contribution in [-0.2, 0) is 19.4 Å². The van der Waals surface area contributed by atoms with Crippen LogP contribution in [0.1, 0.15) is 16.7 Å². The molecule has 21 heavy (non-hydrogen) atoms. The Labute approximate surface area is 132 Å². The summed E-state index contributed by atoms with van der Waals surface area (Å²) < 4.78 is 15.0. The van der Waals surface area contributed by atoms with E-state index >= 15 is 0 Å². The fourth-order valence-corrected chi connectivity index (χ4v) is 3.39. The number of hydrogen-bond acceptors (Lipinski definition) is 2. The number of nitrogens with zero attached hydrogens (tertiary/aromatic N) is 1. The van der Waals surface area contributed by atoms with Gasteiger partial charge < -0.3 is 10.6 Å². The van der Waals surface area contributed by atoms with Crippen molar-refractivity contribution >= 4 is 21.6 Å². The topological polar surface area (TPSA) is 29.3 Å². The molecule has 2 aromatic carbocycles. The van der Waals surface area contributed by atoms with Crippen molar-refractivity contribution in [3.63, 3.8) is 0 Å². The van der Waals surface area contributed by atoms with Crippen LogP contribution in [0.3, 0.4) is 0 Å². The summed E-state index contributed by atoms with van der Waals surface area (Å²) in [4.78, 5) is 2.13. The summed E-state index contributed by atoms with van der Waals surface area (Å²) in [5.41, 5.74) is 9.83. The van der Waals surface area contributed by atoms with Gasteiger partial charge in [0.2, 0.25) is 0 Å². The number of halogens is 2. The number of nitrogens with two attached hydrogens (primary N) is 1. The monoisotopic (exact) mass is 348 g/mol. The van der Waals surface area contributed by atoms with Gasteiger partial charge in [0.15, 0.2) is 5.82 Å². The Morgan fingerprint density at radius 3 is 2.24 bits per heavy atom. The van der Waals surface area contributed by atoms with Crippen molar-refractivity contribution < 1.29 is 4.39 Å². The molecule has 0 radical (unpaired) electrons. The van der Waals surface area contributed by atoms with Crippen LogP contribution in [-0.4, -0.2) is 13.1 Å². The molecule has 1 heterocycles. The highest BCUT2D eigenvalue weighted by molar-refractivity contribution is 9.10. The molecule has 3 rings (SSSR count). The molecule has 0 aromatic heterocycles. The van der Waals surface area contributed by atoms with Crippen LogP contribution in [0.4, 0.5) is 10.1 Å². The quantitative estimate of drug-likeness (QED) is 0.897. The fraction of sp³-hybridized carbons (Fsp3) is 0.294. The van der Waals surface area contributed by atoms with Crippen LogP contribution in [0, 0.1) is 5.82 Å². The lowest BCUT2D eigenvalue weighted by Gasteiger charge is -2.24. The van der Waals surface area contributed by atoms with Crippen LogP contribution in [0.25, 0.3) is 0 Å². The molecule has 1 aliphatic heterocycles. The molecule has 4 heteroatoms. The molecule has 0 amide bonds. The van der Waals surface area contributed by atoms with Crippen LogP contribution in [0.15, 0.2) is 40.9 Å². The highest BCUT2D eigenvalue weighted by atomic mass is 79.9. The Hall–Kier alpha value is -1.39. The summed E-state index contributed by atoms with van der Waals surface area (Å²) >= 11 is 3.32. The molecule has 0 aliphatic carbocycles. The van der Waals surface area contributed by atoms with E-state index in [1.807, 2.05) is 12.1 Å². The first-order chi connectivity index (χ1) is 10.2. The maximum atomic E-state index is 14.6. The van der Waals surface area contributed by atoms with E-state index in [2.05, 4.69) is 45.1 Å². The summed E-state index contributed by atoms with van der Waals surface area (Å²) in [6.07, 6.45) is 1.90. The molecule has 0 atom stereocenters. The highest BCUT2D eigenvalue weighted by Crippen LogP contribution is 2.30. The van der Waals surface area contributed by atoms with Crippen molar-refractivity contribution in [3.05, 3.63) is 63.4 Å². The predicted octanol–water partition coefficient (Wildman–Crippen LogP) is 3.65. The van der Waals surface area contributed by atoms with Crippen LogP contribution in [0.5, 0.6) is 0 Å². The van der Waals surface area contributed by atoms with Gasteiger partial charge in [-0.25, -0.2) is 4.39 Å². The summed E-state index contributed by atoms with van der Waals surface area (Å²) in [6, 6.07) is 12.2. The van der Waals surface area contributed by atoms with Gasteiger partial charge in [0.05, 0.1) is 10.2 Å². The molecule has 110 valence electrons. The molecular formula is C17H18BrFN2. The summed E-state index contributed by atoms with van der Waals surface area (Å²) in [5, 5.41) is 0. The zero-order valence-corrected chi connectivity index (χ0v) is 13.4. The van der Waals surface area contributed by atoms with Crippen molar-refractivity contribution in [1.82, 2.24) is 0 Å². The van der Waals surface area contributed by atoms with Gasteiger partial charge in [-0.2, -0.15) is 0 Å². The minimum absolute atomic E-state index is 0.205. The summed E-state index contributed by atoms with van der Waals surface area (Å²) in [5.74, 6) is -0.205. The van der Waals surface area contributed by atoms with Crippen LogP contribution < -0.4 is 10.6 Å². The van der Waals surface area contributed by atoms with Gasteiger partial charge in [-0.05, 0) is 51.5 Å². The Morgan fingerprint density at radius 1 is 1.05 bits per heavy atom. The van der Waals surface area contributed by atoms with Crippen molar-refractivity contribution in [2.24, 2.45) is 5.73 Å². The van der Waals surface area contributed by atoms with Crippen LogP contribution >= 0.6 is 15.9 Å². The molecule has 2 aromatic rings. The average molecular weight is 349 g/mol. The first kappa shape index (κ1) is 14.5. The van der Waals surface area contributed by atoms with Gasteiger partial charge in [0.1, 0.15) is 0 Å².